The molecule has 0 fully saturated rings. The van der Waals surface area contributed by atoms with Crippen LogP contribution in [0.2, 0.25) is 0 Å². The summed E-state index contributed by atoms with van der Waals surface area (Å²) in [7, 11) is 0.539. The first-order valence-corrected chi connectivity index (χ1v) is 13.0. The molecule has 0 spiro atoms. The lowest BCUT2D eigenvalue weighted by molar-refractivity contribution is 0.289. The van der Waals surface area contributed by atoms with Gasteiger partial charge in [0.25, 0.3) is 0 Å². The van der Waals surface area contributed by atoms with Crippen molar-refractivity contribution < 1.29 is 21.7 Å². The molecule has 0 unspecified atom stereocenters. The van der Waals surface area contributed by atoms with Crippen LogP contribution in [0.25, 0.3) is 11.1 Å². The molecule has 0 radical (unpaired) electrons. The summed E-state index contributed by atoms with van der Waals surface area (Å²) in [6.07, 6.45) is 1.83. The lowest BCUT2D eigenvalue weighted by Crippen LogP contribution is -2.27. The Morgan fingerprint density at radius 1 is 1.03 bits per heavy atom. The molecule has 37 heavy (non-hydrogen) atoms. The maximum absolute atomic E-state index is 12.7. The highest BCUT2D eigenvalue weighted by atomic mass is 32.2. The molecule has 0 bridgehead atoms. The van der Waals surface area contributed by atoms with E-state index in [0.29, 0.717) is 54.1 Å². The minimum atomic E-state index is -4.08. The van der Waals surface area contributed by atoms with Crippen LogP contribution in [0.4, 0.5) is 16.2 Å². The van der Waals surface area contributed by atoms with Crippen molar-refractivity contribution in [1.82, 2.24) is 19.2 Å². The molecule has 0 amide bonds. The number of hydrogen-bond donors (Lipinski definition) is 2. The molecular formula is C25H33FN6O4S. The highest BCUT2D eigenvalue weighted by molar-refractivity contribution is 7.84. The minimum Gasteiger partial charge on any atom is -0.493 e. The largest absolute Gasteiger partial charge is 0.493 e. The number of nitrogens with two attached hydrogens (primary N) is 2. The number of halogens is 1. The average molecular weight is 533 g/mol. The van der Waals surface area contributed by atoms with E-state index >= 15 is 0 Å². The quantitative estimate of drug-likeness (QED) is 0.361. The molecule has 0 aliphatic rings. The number of rotatable bonds is 12. The Bertz CT molecular complexity index is 1320. The van der Waals surface area contributed by atoms with Gasteiger partial charge in [0.2, 0.25) is 5.95 Å². The molecule has 1 heterocycles. The van der Waals surface area contributed by atoms with Crippen molar-refractivity contribution in [3.05, 3.63) is 59.3 Å². The Morgan fingerprint density at radius 2 is 1.70 bits per heavy atom. The van der Waals surface area contributed by atoms with Crippen LogP contribution in [0.1, 0.15) is 23.6 Å². The first kappa shape index (κ1) is 28.1. The van der Waals surface area contributed by atoms with Gasteiger partial charge in [0.05, 0.1) is 12.2 Å². The molecule has 0 saturated heterocycles. The number of anilines is 2. The van der Waals surface area contributed by atoms with Crippen LogP contribution in [-0.4, -0.2) is 68.6 Å². The maximum Gasteiger partial charge on any atom is 0.384 e. The molecule has 3 aromatic rings. The van der Waals surface area contributed by atoms with Crippen molar-refractivity contribution in [2.45, 2.75) is 19.9 Å². The van der Waals surface area contributed by atoms with Crippen LogP contribution in [0, 0.1) is 0 Å². The smallest absolute Gasteiger partial charge is 0.384 e. The number of nitrogens with zero attached hydrogens (tertiary/aromatic N) is 4. The standard InChI is InChI=1S/C25H33FN6O4S/c1-5-35-21-13-18(12-20-15-29-25(28)30-24(20)27)14-22(36-37(33,34)31(2)3)23(21)19-8-6-17(7-9-19)16-32(4)11-10-26/h6-9,13-15H,5,10-12,16H2,1-4H3,(H4,27,28,29,30). The summed E-state index contributed by atoms with van der Waals surface area (Å²) < 4.78 is 50.6. The molecule has 0 aliphatic heterocycles. The van der Waals surface area contributed by atoms with Gasteiger partial charge in [-0.3, -0.25) is 4.90 Å². The highest BCUT2D eigenvalue weighted by Crippen LogP contribution is 2.41. The van der Waals surface area contributed by atoms with Gasteiger partial charge in [-0.05, 0) is 42.8 Å². The third kappa shape index (κ3) is 7.28. The Balaban J connectivity index is 2.11. The molecule has 0 aliphatic carbocycles. The summed E-state index contributed by atoms with van der Waals surface area (Å²) >= 11 is 0. The van der Waals surface area contributed by atoms with Gasteiger partial charge < -0.3 is 20.4 Å². The van der Waals surface area contributed by atoms with Crippen molar-refractivity contribution in [3.63, 3.8) is 0 Å². The monoisotopic (exact) mass is 532 g/mol. The van der Waals surface area contributed by atoms with E-state index < -0.39 is 17.0 Å². The zero-order valence-electron chi connectivity index (χ0n) is 21.4. The predicted octanol–water partition coefficient (Wildman–Crippen LogP) is 2.88. The second-order valence-electron chi connectivity index (χ2n) is 8.66. The van der Waals surface area contributed by atoms with E-state index in [-0.39, 0.29) is 17.5 Å². The van der Waals surface area contributed by atoms with E-state index in [0.717, 1.165) is 9.87 Å². The van der Waals surface area contributed by atoms with E-state index in [1.807, 2.05) is 49.2 Å². The first-order chi connectivity index (χ1) is 17.5. The molecule has 12 heteroatoms. The molecule has 1 aromatic heterocycles. The van der Waals surface area contributed by atoms with Crippen LogP contribution in [-0.2, 0) is 23.3 Å². The van der Waals surface area contributed by atoms with Gasteiger partial charge in [0.15, 0.2) is 5.75 Å². The Hall–Kier alpha value is -3.48. The number of benzene rings is 2. The lowest BCUT2D eigenvalue weighted by atomic mass is 9.97. The number of nitrogen functional groups attached to an aromatic ring is 2. The minimum absolute atomic E-state index is 0.0621. The van der Waals surface area contributed by atoms with Gasteiger partial charge >= 0.3 is 10.3 Å². The van der Waals surface area contributed by atoms with Crippen LogP contribution >= 0.6 is 0 Å². The van der Waals surface area contributed by atoms with Gasteiger partial charge in [0, 0.05) is 45.4 Å². The average Bonchev–Trinajstić information content (AvgIpc) is 2.82. The van der Waals surface area contributed by atoms with Crippen LogP contribution in [0.3, 0.4) is 0 Å². The van der Waals surface area contributed by atoms with E-state index in [2.05, 4.69) is 9.97 Å². The third-order valence-corrected chi connectivity index (χ3v) is 6.83. The Labute approximate surface area is 217 Å². The number of alkyl halides is 1. The SMILES string of the molecule is CCOc1cc(Cc2cnc(N)nc2N)cc(OS(=O)(=O)N(C)C)c1-c1ccc(CN(C)CCF)cc1. The van der Waals surface area contributed by atoms with E-state index in [9.17, 15) is 12.8 Å². The molecule has 200 valence electrons. The highest BCUT2D eigenvalue weighted by Gasteiger charge is 2.23. The number of hydrogen-bond acceptors (Lipinski definition) is 9. The summed E-state index contributed by atoms with van der Waals surface area (Å²) in [6.45, 7) is 2.67. The summed E-state index contributed by atoms with van der Waals surface area (Å²) in [6, 6.07) is 11.0. The molecule has 4 N–H and O–H groups in total. The fourth-order valence-corrected chi connectivity index (χ4v) is 4.16. The Kier molecular flexibility index (Phi) is 9.24. The maximum atomic E-state index is 12.7. The molecular weight excluding hydrogens is 499 g/mol. The zero-order valence-corrected chi connectivity index (χ0v) is 22.3. The molecule has 0 atom stereocenters. The number of aromatic nitrogens is 2. The van der Waals surface area contributed by atoms with Gasteiger partial charge in [-0.1, -0.05) is 24.3 Å². The van der Waals surface area contributed by atoms with Crippen molar-refractivity contribution in [3.8, 4) is 22.6 Å². The van der Waals surface area contributed by atoms with E-state index in [4.69, 9.17) is 20.4 Å². The van der Waals surface area contributed by atoms with Crippen molar-refractivity contribution >= 4 is 22.1 Å². The van der Waals surface area contributed by atoms with E-state index in [1.54, 1.807) is 6.07 Å². The second kappa shape index (κ2) is 12.2. The van der Waals surface area contributed by atoms with Gasteiger partial charge in [-0.2, -0.15) is 17.7 Å². The molecule has 10 nitrogen and oxygen atoms in total. The fourth-order valence-electron chi connectivity index (χ4n) is 3.66. The summed E-state index contributed by atoms with van der Waals surface area (Å²) in [4.78, 5) is 9.87. The molecule has 3 rings (SSSR count). The topological polar surface area (TPSA) is 137 Å². The van der Waals surface area contributed by atoms with Gasteiger partial charge in [-0.25, -0.2) is 9.37 Å². The molecule has 0 saturated carbocycles. The normalized spacial score (nSPS) is 11.8. The second-order valence-corrected chi connectivity index (χ2v) is 10.4. The summed E-state index contributed by atoms with van der Waals surface area (Å²) in [5.74, 6) is 0.839. The van der Waals surface area contributed by atoms with Gasteiger partial charge in [0.1, 0.15) is 18.2 Å². The zero-order chi connectivity index (χ0) is 27.2. The lowest BCUT2D eigenvalue weighted by Gasteiger charge is -2.20. The van der Waals surface area contributed by atoms with Crippen LogP contribution in [0.15, 0.2) is 42.6 Å². The van der Waals surface area contributed by atoms with Crippen LogP contribution < -0.4 is 20.4 Å². The Morgan fingerprint density at radius 3 is 2.30 bits per heavy atom. The third-order valence-electron chi connectivity index (χ3n) is 5.54. The van der Waals surface area contributed by atoms with Crippen molar-refractivity contribution in [2.24, 2.45) is 0 Å². The first-order valence-electron chi connectivity index (χ1n) is 11.7. The van der Waals surface area contributed by atoms with Crippen molar-refractivity contribution in [1.29, 1.82) is 0 Å². The predicted molar refractivity (Wildman–Crippen MR) is 142 cm³/mol. The van der Waals surface area contributed by atoms with Gasteiger partial charge in [-0.15, -0.1) is 0 Å². The number of ether oxygens (including phenoxy) is 1. The summed E-state index contributed by atoms with van der Waals surface area (Å²) in [5.41, 5.74) is 15.1. The molecule has 2 aromatic carbocycles. The summed E-state index contributed by atoms with van der Waals surface area (Å²) in [5, 5.41) is 0. The fraction of sp³-hybridized carbons (Fsp3) is 0.360. The van der Waals surface area contributed by atoms with Crippen LogP contribution in [0.5, 0.6) is 11.5 Å². The van der Waals surface area contributed by atoms with Crippen molar-refractivity contribution in [2.75, 3.05) is 52.4 Å². The van der Waals surface area contributed by atoms with E-state index in [1.165, 1.54) is 20.3 Å².